The van der Waals surface area contributed by atoms with Gasteiger partial charge in [-0.25, -0.2) is 0 Å². The molecule has 0 unspecified atom stereocenters. The highest BCUT2D eigenvalue weighted by atomic mass is 15.2. The molecule has 0 aliphatic rings. The van der Waals surface area contributed by atoms with Crippen molar-refractivity contribution in [3.05, 3.63) is 0 Å². The van der Waals surface area contributed by atoms with Crippen LogP contribution in [0.5, 0.6) is 0 Å². The molecule has 0 saturated heterocycles. The van der Waals surface area contributed by atoms with Crippen LogP contribution in [0.2, 0.25) is 0 Å². The fourth-order valence-corrected chi connectivity index (χ4v) is 6.91. The van der Waals surface area contributed by atoms with Gasteiger partial charge in [-0.05, 0) is 39.0 Å². The highest BCUT2D eigenvalue weighted by Gasteiger charge is 2.07. The fraction of sp³-hybridized carbons (Fsp3) is 1.00. The molecule has 0 N–H and O–H groups in total. The molecule has 2 heteroatoms. The Labute approximate surface area is 281 Å². The van der Waals surface area contributed by atoms with Crippen molar-refractivity contribution in [1.29, 1.82) is 0 Å². The molecule has 0 fully saturated rings. The Bertz CT molecular complexity index is 448. The van der Waals surface area contributed by atoms with Crippen LogP contribution in [0.3, 0.4) is 0 Å². The minimum Gasteiger partial charge on any atom is -0.302 e. The van der Waals surface area contributed by atoms with E-state index in [1.54, 1.807) is 0 Å². The summed E-state index contributed by atoms with van der Waals surface area (Å²) in [7, 11) is 0. The lowest BCUT2D eigenvalue weighted by atomic mass is 10.0. The third-order valence-electron chi connectivity index (χ3n) is 10.3. The van der Waals surface area contributed by atoms with E-state index in [1.165, 1.54) is 245 Å². The van der Waals surface area contributed by atoms with Crippen LogP contribution in [0.4, 0.5) is 0 Å². The zero-order chi connectivity index (χ0) is 32.0. The molecule has 0 aromatic heterocycles. The van der Waals surface area contributed by atoms with Crippen molar-refractivity contribution in [2.45, 2.75) is 233 Å². The number of hydrogen-bond acceptors (Lipinski definition) is 2. The van der Waals surface area contributed by atoms with Crippen LogP contribution in [0.1, 0.15) is 233 Å². The predicted molar refractivity (Wildman–Crippen MR) is 203 cm³/mol. The molecule has 0 heterocycles. The molecule has 0 radical (unpaired) electrons. The Balaban J connectivity index is 3.47. The van der Waals surface area contributed by atoms with Gasteiger partial charge in [0.15, 0.2) is 0 Å². The monoisotopic (exact) mass is 621 g/mol. The van der Waals surface area contributed by atoms with Gasteiger partial charge in [0, 0.05) is 13.1 Å². The molecule has 0 aromatic carbocycles. The number of nitrogens with zero attached hydrogens (tertiary/aromatic N) is 2. The van der Waals surface area contributed by atoms with E-state index < -0.39 is 0 Å². The zero-order valence-corrected chi connectivity index (χ0v) is 31.8. The van der Waals surface area contributed by atoms with Crippen molar-refractivity contribution in [2.24, 2.45) is 0 Å². The predicted octanol–water partition coefficient (Wildman–Crippen LogP) is 14.2. The second-order valence-electron chi connectivity index (χ2n) is 14.5. The number of hydrogen-bond donors (Lipinski definition) is 0. The van der Waals surface area contributed by atoms with Gasteiger partial charge in [-0.2, -0.15) is 0 Å². The lowest BCUT2D eigenvalue weighted by molar-refractivity contribution is 0.209. The molecule has 0 bridgehead atoms. The highest BCUT2D eigenvalue weighted by molar-refractivity contribution is 4.63. The van der Waals surface area contributed by atoms with Gasteiger partial charge in [-0.1, -0.05) is 220 Å². The van der Waals surface area contributed by atoms with Crippen molar-refractivity contribution in [3.8, 4) is 0 Å². The second-order valence-corrected chi connectivity index (χ2v) is 14.5. The van der Waals surface area contributed by atoms with E-state index in [0.717, 1.165) is 0 Å². The van der Waals surface area contributed by atoms with E-state index in [9.17, 15) is 0 Å². The van der Waals surface area contributed by atoms with E-state index in [-0.39, 0.29) is 0 Å². The summed E-state index contributed by atoms with van der Waals surface area (Å²) < 4.78 is 0. The number of unbranched alkanes of at least 4 members (excludes halogenated alkanes) is 30. The second kappa shape index (κ2) is 39.1. The molecular formula is C42H88N2. The van der Waals surface area contributed by atoms with Gasteiger partial charge >= 0.3 is 0 Å². The maximum atomic E-state index is 2.71. The Morgan fingerprint density at radius 2 is 0.386 bits per heavy atom. The maximum absolute atomic E-state index is 2.71. The summed E-state index contributed by atoms with van der Waals surface area (Å²) in [6, 6.07) is 0. The molecule has 0 aliphatic carbocycles. The van der Waals surface area contributed by atoms with Crippen LogP contribution in [0, 0.1) is 0 Å². The Hall–Kier alpha value is -0.0800. The van der Waals surface area contributed by atoms with Gasteiger partial charge in [-0.15, -0.1) is 0 Å². The van der Waals surface area contributed by atoms with Crippen molar-refractivity contribution in [2.75, 3.05) is 39.3 Å². The van der Waals surface area contributed by atoms with Gasteiger partial charge in [0.05, 0.1) is 0 Å². The van der Waals surface area contributed by atoms with Crippen LogP contribution in [-0.4, -0.2) is 49.1 Å². The molecule has 0 rings (SSSR count). The Morgan fingerprint density at radius 3 is 0.568 bits per heavy atom. The Kier molecular flexibility index (Phi) is 39.0. The summed E-state index contributed by atoms with van der Waals surface area (Å²) in [5, 5.41) is 0. The summed E-state index contributed by atoms with van der Waals surface area (Å²) in [5.41, 5.74) is 0. The summed E-state index contributed by atoms with van der Waals surface area (Å²) >= 11 is 0. The topological polar surface area (TPSA) is 6.48 Å². The van der Waals surface area contributed by atoms with Crippen molar-refractivity contribution < 1.29 is 0 Å². The quantitative estimate of drug-likeness (QED) is 0.0631. The van der Waals surface area contributed by atoms with E-state index >= 15 is 0 Å². The zero-order valence-electron chi connectivity index (χ0n) is 31.8. The average molecular weight is 621 g/mol. The van der Waals surface area contributed by atoms with Crippen LogP contribution in [0.25, 0.3) is 0 Å². The third kappa shape index (κ3) is 34.8. The lowest BCUT2D eigenvalue weighted by Gasteiger charge is -2.26. The van der Waals surface area contributed by atoms with Crippen LogP contribution in [0.15, 0.2) is 0 Å². The SMILES string of the molecule is CCCCCCCCCCCCCCCCCCN(CC)CCN(CC)CCCCCCCCCCCCCCCCCC. The maximum Gasteiger partial charge on any atom is 0.0109 e. The summed E-state index contributed by atoms with van der Waals surface area (Å²) in [4.78, 5) is 5.42. The van der Waals surface area contributed by atoms with Gasteiger partial charge in [0.2, 0.25) is 0 Å². The van der Waals surface area contributed by atoms with Gasteiger partial charge in [0.1, 0.15) is 0 Å². The summed E-state index contributed by atoms with van der Waals surface area (Å²) in [5.74, 6) is 0. The third-order valence-corrected chi connectivity index (χ3v) is 10.3. The molecule has 0 aliphatic heterocycles. The minimum absolute atomic E-state index is 1.22. The first-order valence-corrected chi connectivity index (χ1v) is 21.2. The largest absolute Gasteiger partial charge is 0.302 e. The summed E-state index contributed by atoms with van der Waals surface area (Å²) in [6.45, 7) is 16.9. The lowest BCUT2D eigenvalue weighted by Crippen LogP contribution is -2.36. The van der Waals surface area contributed by atoms with Crippen LogP contribution >= 0.6 is 0 Å². The molecule has 0 atom stereocenters. The Morgan fingerprint density at radius 1 is 0.205 bits per heavy atom. The van der Waals surface area contributed by atoms with Gasteiger partial charge in [-0.3, -0.25) is 0 Å². The van der Waals surface area contributed by atoms with Crippen molar-refractivity contribution >= 4 is 0 Å². The number of likely N-dealkylation sites (N-methyl/N-ethyl adjacent to an activating group) is 2. The van der Waals surface area contributed by atoms with Crippen molar-refractivity contribution in [3.63, 3.8) is 0 Å². The van der Waals surface area contributed by atoms with E-state index in [4.69, 9.17) is 0 Å². The first kappa shape index (κ1) is 43.9. The van der Waals surface area contributed by atoms with E-state index in [1.807, 2.05) is 0 Å². The van der Waals surface area contributed by atoms with E-state index in [2.05, 4.69) is 37.5 Å². The van der Waals surface area contributed by atoms with Gasteiger partial charge in [0.25, 0.3) is 0 Å². The highest BCUT2D eigenvalue weighted by Crippen LogP contribution is 2.15. The molecule has 44 heavy (non-hydrogen) atoms. The molecule has 0 amide bonds. The smallest absolute Gasteiger partial charge is 0.0109 e. The summed E-state index contributed by atoms with van der Waals surface area (Å²) in [6.07, 6.45) is 46.7. The van der Waals surface area contributed by atoms with Crippen LogP contribution < -0.4 is 0 Å². The molecule has 0 saturated carbocycles. The van der Waals surface area contributed by atoms with Crippen molar-refractivity contribution in [1.82, 2.24) is 9.80 Å². The first-order valence-electron chi connectivity index (χ1n) is 21.2. The molecule has 2 nitrogen and oxygen atoms in total. The molecule has 0 spiro atoms. The molecular weight excluding hydrogens is 532 g/mol. The number of rotatable bonds is 39. The average Bonchev–Trinajstić information content (AvgIpc) is 3.04. The molecule has 0 aromatic rings. The van der Waals surface area contributed by atoms with Gasteiger partial charge < -0.3 is 9.80 Å². The standard InChI is InChI=1S/C42H88N2/c1-5-9-11-13-15-17-19-21-23-25-27-29-31-33-35-37-39-43(7-3)41-42-44(8-4)40-38-36-34-32-30-28-26-24-22-20-18-16-14-12-10-6-2/h5-42H2,1-4H3. The normalized spacial score (nSPS) is 11.9. The van der Waals surface area contributed by atoms with E-state index in [0.29, 0.717) is 0 Å². The first-order chi connectivity index (χ1) is 21.8. The van der Waals surface area contributed by atoms with Crippen LogP contribution in [-0.2, 0) is 0 Å². The fourth-order valence-electron chi connectivity index (χ4n) is 6.91. The minimum atomic E-state index is 1.22. The molecule has 266 valence electrons.